The van der Waals surface area contributed by atoms with Crippen molar-refractivity contribution < 1.29 is 9.72 Å². The number of nitro groups is 1. The van der Waals surface area contributed by atoms with Gasteiger partial charge in [0, 0.05) is 31.9 Å². The van der Waals surface area contributed by atoms with E-state index in [1.54, 1.807) is 6.07 Å². The van der Waals surface area contributed by atoms with Crippen LogP contribution < -0.4 is 16.0 Å². The smallest absolute Gasteiger partial charge is 0.312 e. The van der Waals surface area contributed by atoms with E-state index in [0.717, 1.165) is 6.07 Å². The molecule has 0 radical (unpaired) electrons. The summed E-state index contributed by atoms with van der Waals surface area (Å²) in [6.45, 7) is 1.23. The molecule has 0 aromatic carbocycles. The van der Waals surface area contributed by atoms with Gasteiger partial charge in [-0.05, 0) is 0 Å². The Hall–Kier alpha value is -2.73. The molecule has 20 heavy (non-hydrogen) atoms. The number of amides is 1. The molecule has 0 aliphatic carbocycles. The molecule has 0 bridgehead atoms. The number of nitrogens with zero attached hydrogens (tertiary/aromatic N) is 4. The zero-order chi connectivity index (χ0) is 14.7. The SMILES string of the molecule is N#Cc1cnc(N2CCNCC2C(N)=O)c([N+](=O)[O-])c1. The van der Waals surface area contributed by atoms with Crippen molar-refractivity contribution in [2.45, 2.75) is 6.04 Å². The van der Waals surface area contributed by atoms with Crippen LogP contribution in [0.5, 0.6) is 0 Å². The fourth-order valence-corrected chi connectivity index (χ4v) is 2.07. The average Bonchev–Trinajstić information content (AvgIpc) is 2.46. The number of nitriles is 1. The number of pyridine rings is 1. The standard InChI is InChI=1S/C11H12N6O3/c12-4-7-3-8(17(19)20)11(15-5-7)16-2-1-14-6-9(16)10(13)18/h3,5,9,14H,1-2,6H2,(H2,13,18). The lowest BCUT2D eigenvalue weighted by molar-refractivity contribution is -0.384. The maximum absolute atomic E-state index is 11.4. The molecule has 1 aliphatic heterocycles. The quantitative estimate of drug-likeness (QED) is 0.540. The first kappa shape index (κ1) is 13.7. The largest absolute Gasteiger partial charge is 0.368 e. The lowest BCUT2D eigenvalue weighted by Crippen LogP contribution is -2.57. The third-order valence-electron chi connectivity index (χ3n) is 3.02. The maximum atomic E-state index is 11.4. The van der Waals surface area contributed by atoms with Gasteiger partial charge in [0.25, 0.3) is 0 Å². The fraction of sp³-hybridized carbons (Fsp3) is 0.364. The molecule has 0 spiro atoms. The number of anilines is 1. The molecule has 104 valence electrons. The van der Waals surface area contributed by atoms with Crippen LogP contribution in [0.15, 0.2) is 12.3 Å². The van der Waals surface area contributed by atoms with Crippen molar-refractivity contribution in [2.24, 2.45) is 5.73 Å². The topological polar surface area (TPSA) is 138 Å². The molecule has 1 atom stereocenters. The number of piperazine rings is 1. The van der Waals surface area contributed by atoms with E-state index in [2.05, 4.69) is 10.3 Å². The highest BCUT2D eigenvalue weighted by molar-refractivity contribution is 5.84. The molecular weight excluding hydrogens is 264 g/mol. The van der Waals surface area contributed by atoms with Gasteiger partial charge in [-0.1, -0.05) is 0 Å². The number of nitrogens with two attached hydrogens (primary N) is 1. The Morgan fingerprint density at radius 2 is 2.45 bits per heavy atom. The molecule has 2 rings (SSSR count). The zero-order valence-electron chi connectivity index (χ0n) is 10.4. The highest BCUT2D eigenvalue weighted by Crippen LogP contribution is 2.28. The van der Waals surface area contributed by atoms with E-state index < -0.39 is 16.9 Å². The molecule has 1 amide bonds. The summed E-state index contributed by atoms with van der Waals surface area (Å²) in [5.41, 5.74) is 5.09. The van der Waals surface area contributed by atoms with Crippen molar-refractivity contribution in [3.63, 3.8) is 0 Å². The highest BCUT2D eigenvalue weighted by atomic mass is 16.6. The number of hydrogen-bond acceptors (Lipinski definition) is 7. The lowest BCUT2D eigenvalue weighted by Gasteiger charge is -2.34. The maximum Gasteiger partial charge on any atom is 0.312 e. The van der Waals surface area contributed by atoms with Crippen LogP contribution >= 0.6 is 0 Å². The Bertz CT molecular complexity index is 596. The van der Waals surface area contributed by atoms with E-state index in [9.17, 15) is 14.9 Å². The molecular formula is C11H12N6O3. The van der Waals surface area contributed by atoms with Crippen LogP contribution in [0.25, 0.3) is 0 Å². The van der Waals surface area contributed by atoms with Crippen LogP contribution in [0.4, 0.5) is 11.5 Å². The zero-order valence-corrected chi connectivity index (χ0v) is 10.4. The second kappa shape index (κ2) is 5.50. The Kier molecular flexibility index (Phi) is 3.76. The predicted molar refractivity (Wildman–Crippen MR) is 68.8 cm³/mol. The van der Waals surface area contributed by atoms with Crippen molar-refractivity contribution >= 4 is 17.4 Å². The van der Waals surface area contributed by atoms with Crippen LogP contribution in [0.1, 0.15) is 5.56 Å². The molecule has 0 saturated carbocycles. The highest BCUT2D eigenvalue weighted by Gasteiger charge is 2.32. The van der Waals surface area contributed by atoms with E-state index >= 15 is 0 Å². The lowest BCUT2D eigenvalue weighted by atomic mass is 10.1. The number of aromatic nitrogens is 1. The van der Waals surface area contributed by atoms with Crippen LogP contribution in [0.2, 0.25) is 0 Å². The van der Waals surface area contributed by atoms with E-state index in [1.807, 2.05) is 0 Å². The summed E-state index contributed by atoms with van der Waals surface area (Å²) >= 11 is 0. The van der Waals surface area contributed by atoms with Crippen molar-refractivity contribution in [3.05, 3.63) is 27.9 Å². The first-order valence-corrected chi connectivity index (χ1v) is 5.86. The normalized spacial score (nSPS) is 18.4. The minimum absolute atomic E-state index is 0.0549. The van der Waals surface area contributed by atoms with Crippen molar-refractivity contribution in [3.8, 4) is 6.07 Å². The van der Waals surface area contributed by atoms with Crippen molar-refractivity contribution in [2.75, 3.05) is 24.5 Å². The molecule has 9 nitrogen and oxygen atoms in total. The summed E-state index contributed by atoms with van der Waals surface area (Å²) in [4.78, 5) is 27.4. The summed E-state index contributed by atoms with van der Waals surface area (Å²) in [5.74, 6) is -0.531. The van der Waals surface area contributed by atoms with Gasteiger partial charge in [-0.25, -0.2) is 4.98 Å². The Morgan fingerprint density at radius 1 is 1.70 bits per heavy atom. The fourth-order valence-electron chi connectivity index (χ4n) is 2.07. The number of primary amides is 1. The Morgan fingerprint density at radius 3 is 3.05 bits per heavy atom. The minimum atomic E-state index is -0.706. The van der Waals surface area contributed by atoms with Gasteiger partial charge < -0.3 is 16.0 Å². The number of rotatable bonds is 3. The summed E-state index contributed by atoms with van der Waals surface area (Å²) in [6.07, 6.45) is 1.24. The number of hydrogen-bond donors (Lipinski definition) is 2. The first-order valence-electron chi connectivity index (χ1n) is 5.86. The van der Waals surface area contributed by atoms with Gasteiger partial charge in [-0.3, -0.25) is 14.9 Å². The molecule has 1 fully saturated rings. The first-order chi connectivity index (χ1) is 9.54. The second-order valence-corrected chi connectivity index (χ2v) is 4.25. The molecule has 1 unspecified atom stereocenters. The number of nitrogens with one attached hydrogen (secondary N) is 1. The summed E-state index contributed by atoms with van der Waals surface area (Å²) in [5, 5.41) is 22.9. The number of carbonyl (C=O) groups is 1. The monoisotopic (exact) mass is 276 g/mol. The van der Waals surface area contributed by atoms with Gasteiger partial charge in [0.2, 0.25) is 11.7 Å². The Labute approximate surface area is 114 Å². The van der Waals surface area contributed by atoms with Crippen LogP contribution in [-0.4, -0.2) is 41.5 Å². The average molecular weight is 276 g/mol. The van der Waals surface area contributed by atoms with Crippen LogP contribution in [0, 0.1) is 21.4 Å². The Balaban J connectivity index is 2.47. The van der Waals surface area contributed by atoms with Crippen molar-refractivity contribution in [1.82, 2.24) is 10.3 Å². The third-order valence-corrected chi connectivity index (χ3v) is 3.02. The molecule has 1 aromatic heterocycles. The van der Waals surface area contributed by atoms with Gasteiger partial charge in [0.15, 0.2) is 0 Å². The predicted octanol–water partition coefficient (Wildman–Crippen LogP) is -0.875. The molecule has 1 aromatic rings. The van der Waals surface area contributed by atoms with E-state index in [0.29, 0.717) is 19.6 Å². The summed E-state index contributed by atoms with van der Waals surface area (Å²) < 4.78 is 0. The molecule has 1 saturated heterocycles. The van der Waals surface area contributed by atoms with Crippen LogP contribution in [-0.2, 0) is 4.79 Å². The van der Waals surface area contributed by atoms with E-state index in [-0.39, 0.29) is 17.1 Å². The third kappa shape index (κ3) is 2.50. The van der Waals surface area contributed by atoms with Gasteiger partial charge in [-0.2, -0.15) is 5.26 Å². The molecule has 1 aliphatic rings. The van der Waals surface area contributed by atoms with Crippen molar-refractivity contribution in [1.29, 1.82) is 5.26 Å². The summed E-state index contributed by atoms with van der Waals surface area (Å²) in [7, 11) is 0. The summed E-state index contributed by atoms with van der Waals surface area (Å²) in [6, 6.07) is 2.23. The van der Waals surface area contributed by atoms with Gasteiger partial charge in [0.05, 0.1) is 10.5 Å². The van der Waals surface area contributed by atoms with Gasteiger partial charge in [0.1, 0.15) is 12.1 Å². The molecule has 3 N–H and O–H groups in total. The second-order valence-electron chi connectivity index (χ2n) is 4.25. The number of carbonyl (C=O) groups excluding carboxylic acids is 1. The minimum Gasteiger partial charge on any atom is -0.368 e. The van der Waals surface area contributed by atoms with Gasteiger partial charge in [-0.15, -0.1) is 0 Å². The molecule has 9 heteroatoms. The van der Waals surface area contributed by atoms with E-state index in [4.69, 9.17) is 11.0 Å². The van der Waals surface area contributed by atoms with Gasteiger partial charge >= 0.3 is 5.69 Å². The van der Waals surface area contributed by atoms with Crippen LogP contribution in [0.3, 0.4) is 0 Å². The molecule has 2 heterocycles. The van der Waals surface area contributed by atoms with E-state index in [1.165, 1.54) is 11.1 Å².